The first-order valence-electron chi connectivity index (χ1n) is 9.78. The molecule has 0 saturated carbocycles. The monoisotopic (exact) mass is 379 g/mol. The van der Waals surface area contributed by atoms with Crippen molar-refractivity contribution in [1.82, 2.24) is 10.2 Å². The second-order valence-corrected chi connectivity index (χ2v) is 8.35. The van der Waals surface area contributed by atoms with E-state index in [4.69, 9.17) is 0 Å². The summed E-state index contributed by atoms with van der Waals surface area (Å²) in [5.41, 5.74) is 4.04. The predicted octanol–water partition coefficient (Wildman–Crippen LogP) is 3.59. The highest BCUT2D eigenvalue weighted by Crippen LogP contribution is 2.23. The smallest absolute Gasteiger partial charge is 0.255 e. The van der Waals surface area contributed by atoms with Crippen molar-refractivity contribution in [2.24, 2.45) is 0 Å². The summed E-state index contributed by atoms with van der Waals surface area (Å²) in [7, 11) is 0. The van der Waals surface area contributed by atoms with Crippen molar-refractivity contribution in [1.29, 1.82) is 0 Å². The van der Waals surface area contributed by atoms with E-state index in [9.17, 15) is 9.59 Å². The second kappa shape index (κ2) is 8.15. The highest BCUT2D eigenvalue weighted by molar-refractivity contribution is 6.05. The van der Waals surface area contributed by atoms with Crippen LogP contribution in [0.15, 0.2) is 42.5 Å². The van der Waals surface area contributed by atoms with E-state index in [0.29, 0.717) is 29.9 Å². The van der Waals surface area contributed by atoms with Crippen LogP contribution in [0.25, 0.3) is 0 Å². The van der Waals surface area contributed by atoms with E-state index >= 15 is 0 Å². The first kappa shape index (κ1) is 20.1. The van der Waals surface area contributed by atoms with Crippen LogP contribution in [-0.4, -0.2) is 42.9 Å². The average Bonchev–Trinajstić information content (AvgIpc) is 2.69. The quantitative estimate of drug-likeness (QED) is 0.857. The third kappa shape index (κ3) is 4.60. The lowest BCUT2D eigenvalue weighted by molar-refractivity contribution is 0.0735. The van der Waals surface area contributed by atoms with Crippen LogP contribution in [0.2, 0.25) is 0 Å². The summed E-state index contributed by atoms with van der Waals surface area (Å²) in [6.45, 7) is 11.4. The lowest BCUT2D eigenvalue weighted by atomic mass is 9.86. The molecule has 5 heteroatoms. The van der Waals surface area contributed by atoms with Gasteiger partial charge in [-0.15, -0.1) is 0 Å². The van der Waals surface area contributed by atoms with Crippen molar-refractivity contribution in [3.8, 4) is 0 Å². The molecule has 2 N–H and O–H groups in total. The highest BCUT2D eigenvalue weighted by Gasteiger charge is 2.19. The summed E-state index contributed by atoms with van der Waals surface area (Å²) in [5.74, 6) is -0.165. The molecule has 1 fully saturated rings. The van der Waals surface area contributed by atoms with Crippen molar-refractivity contribution >= 4 is 17.5 Å². The predicted molar refractivity (Wildman–Crippen MR) is 113 cm³/mol. The van der Waals surface area contributed by atoms with Gasteiger partial charge >= 0.3 is 0 Å². The molecule has 3 rings (SSSR count). The van der Waals surface area contributed by atoms with Crippen LogP contribution >= 0.6 is 0 Å². The van der Waals surface area contributed by atoms with Crippen LogP contribution in [0.5, 0.6) is 0 Å². The van der Waals surface area contributed by atoms with Crippen LogP contribution in [0, 0.1) is 6.92 Å². The Bertz CT molecular complexity index is 860. The van der Waals surface area contributed by atoms with Crippen LogP contribution < -0.4 is 10.6 Å². The maximum atomic E-state index is 12.7. The normalized spacial score (nSPS) is 14.6. The van der Waals surface area contributed by atoms with Crippen molar-refractivity contribution < 1.29 is 9.59 Å². The van der Waals surface area contributed by atoms with Gasteiger partial charge in [0, 0.05) is 43.0 Å². The number of hydrogen-bond acceptors (Lipinski definition) is 3. The van der Waals surface area contributed by atoms with Crippen LogP contribution in [-0.2, 0) is 5.41 Å². The van der Waals surface area contributed by atoms with Crippen molar-refractivity contribution in [3.05, 3.63) is 64.7 Å². The Balaban J connectivity index is 1.76. The van der Waals surface area contributed by atoms with E-state index < -0.39 is 0 Å². The van der Waals surface area contributed by atoms with Crippen LogP contribution in [0.3, 0.4) is 0 Å². The number of aryl methyl sites for hydroxylation is 1. The number of benzene rings is 2. The Hall–Kier alpha value is -2.66. The average molecular weight is 380 g/mol. The number of nitrogens with one attached hydrogen (secondary N) is 2. The fourth-order valence-electron chi connectivity index (χ4n) is 3.26. The molecule has 0 spiro atoms. The molecule has 0 aromatic heterocycles. The summed E-state index contributed by atoms with van der Waals surface area (Å²) in [5, 5.41) is 6.21. The van der Waals surface area contributed by atoms with Gasteiger partial charge in [0.15, 0.2) is 0 Å². The molecule has 148 valence electrons. The van der Waals surface area contributed by atoms with Gasteiger partial charge < -0.3 is 15.5 Å². The largest absolute Gasteiger partial charge is 0.336 e. The Morgan fingerprint density at radius 1 is 0.964 bits per heavy atom. The Labute approximate surface area is 167 Å². The third-order valence-electron chi connectivity index (χ3n) is 5.15. The molecule has 0 atom stereocenters. The lowest BCUT2D eigenvalue weighted by Crippen LogP contribution is -2.46. The summed E-state index contributed by atoms with van der Waals surface area (Å²) in [6.07, 6.45) is 0. The maximum Gasteiger partial charge on any atom is 0.255 e. The lowest BCUT2D eigenvalue weighted by Gasteiger charge is -2.27. The molecular weight excluding hydrogens is 350 g/mol. The number of piperazine rings is 1. The minimum absolute atomic E-state index is 0.00605. The SMILES string of the molecule is Cc1ccc(C(=O)N2CCNCC2)cc1NC(=O)c1ccc(C(C)(C)C)cc1. The van der Waals surface area contributed by atoms with Gasteiger partial charge in [0.2, 0.25) is 0 Å². The van der Waals surface area contributed by atoms with Crippen LogP contribution in [0.1, 0.15) is 52.6 Å². The Kier molecular flexibility index (Phi) is 5.84. The van der Waals surface area contributed by atoms with E-state index in [-0.39, 0.29) is 17.2 Å². The van der Waals surface area contributed by atoms with Gasteiger partial charge in [-0.25, -0.2) is 0 Å². The van der Waals surface area contributed by atoms with E-state index in [0.717, 1.165) is 18.7 Å². The van der Waals surface area contributed by atoms with E-state index in [1.165, 1.54) is 5.56 Å². The van der Waals surface area contributed by atoms with Gasteiger partial charge in [-0.2, -0.15) is 0 Å². The molecule has 2 aromatic rings. The van der Waals surface area contributed by atoms with Crippen LogP contribution in [0.4, 0.5) is 5.69 Å². The zero-order valence-electron chi connectivity index (χ0n) is 17.1. The molecule has 2 amide bonds. The molecule has 0 aliphatic carbocycles. The Morgan fingerprint density at radius 3 is 2.18 bits per heavy atom. The van der Waals surface area contributed by atoms with Gasteiger partial charge in [-0.1, -0.05) is 39.0 Å². The molecule has 1 aliphatic heterocycles. The fourth-order valence-corrected chi connectivity index (χ4v) is 3.26. The first-order valence-corrected chi connectivity index (χ1v) is 9.78. The molecule has 0 bridgehead atoms. The zero-order valence-corrected chi connectivity index (χ0v) is 17.1. The number of nitrogens with zero attached hydrogens (tertiary/aromatic N) is 1. The molecule has 1 aliphatic rings. The summed E-state index contributed by atoms with van der Waals surface area (Å²) < 4.78 is 0. The van der Waals surface area contributed by atoms with Gasteiger partial charge in [0.25, 0.3) is 11.8 Å². The number of carbonyl (C=O) groups excluding carboxylic acids is 2. The minimum atomic E-state index is -0.171. The zero-order chi connectivity index (χ0) is 20.3. The van der Waals surface area contributed by atoms with Crippen molar-refractivity contribution in [3.63, 3.8) is 0 Å². The number of carbonyl (C=O) groups is 2. The molecule has 1 saturated heterocycles. The number of amides is 2. The van der Waals surface area contributed by atoms with Crippen molar-refractivity contribution in [2.75, 3.05) is 31.5 Å². The van der Waals surface area contributed by atoms with Crippen molar-refractivity contribution in [2.45, 2.75) is 33.1 Å². The molecule has 28 heavy (non-hydrogen) atoms. The van der Waals surface area contributed by atoms with E-state index in [1.54, 1.807) is 6.07 Å². The van der Waals surface area contributed by atoms with Gasteiger partial charge in [0.1, 0.15) is 0 Å². The number of anilines is 1. The van der Waals surface area contributed by atoms with E-state index in [1.807, 2.05) is 48.2 Å². The molecule has 0 unspecified atom stereocenters. The minimum Gasteiger partial charge on any atom is -0.336 e. The second-order valence-electron chi connectivity index (χ2n) is 8.35. The molecule has 5 nitrogen and oxygen atoms in total. The standard InChI is InChI=1S/C23H29N3O2/c1-16-5-6-18(22(28)26-13-11-24-12-14-26)15-20(16)25-21(27)17-7-9-19(10-8-17)23(2,3)4/h5-10,15,24H,11-14H2,1-4H3,(H,25,27). The third-order valence-corrected chi connectivity index (χ3v) is 5.15. The molecule has 0 radical (unpaired) electrons. The topological polar surface area (TPSA) is 61.4 Å². The molecule has 1 heterocycles. The van der Waals surface area contributed by atoms with E-state index in [2.05, 4.69) is 31.4 Å². The maximum absolute atomic E-state index is 12.7. The Morgan fingerprint density at radius 2 is 1.57 bits per heavy atom. The molecular formula is C23H29N3O2. The summed E-state index contributed by atoms with van der Waals surface area (Å²) >= 11 is 0. The highest BCUT2D eigenvalue weighted by atomic mass is 16.2. The molecule has 2 aromatic carbocycles. The number of hydrogen-bond donors (Lipinski definition) is 2. The fraction of sp³-hybridized carbons (Fsp3) is 0.391. The number of rotatable bonds is 3. The summed E-state index contributed by atoms with van der Waals surface area (Å²) in [4.78, 5) is 27.3. The van der Waals surface area contributed by atoms with Gasteiger partial charge in [-0.05, 0) is 47.7 Å². The first-order chi connectivity index (χ1) is 13.3. The van der Waals surface area contributed by atoms with Gasteiger partial charge in [0.05, 0.1) is 0 Å². The summed E-state index contributed by atoms with van der Waals surface area (Å²) in [6, 6.07) is 13.2. The van der Waals surface area contributed by atoms with Gasteiger partial charge in [-0.3, -0.25) is 9.59 Å².